The lowest BCUT2D eigenvalue weighted by Gasteiger charge is -2.41. The molecular formula is C87H53N3O3S2. The Hall–Kier alpha value is -11.8. The van der Waals surface area contributed by atoms with E-state index in [0.29, 0.717) is 23.0 Å². The maximum atomic E-state index is 7.01. The van der Waals surface area contributed by atoms with E-state index in [-0.39, 0.29) is 0 Å². The highest BCUT2D eigenvalue weighted by Crippen LogP contribution is 2.64. The second-order valence-electron chi connectivity index (χ2n) is 24.6. The molecule has 0 saturated carbocycles. The number of anilines is 6. The summed E-state index contributed by atoms with van der Waals surface area (Å²) in [5, 5.41) is 5.62. The van der Waals surface area contributed by atoms with Crippen molar-refractivity contribution in [2.45, 2.75) is 15.2 Å². The topological polar surface area (TPSA) is 43.0 Å². The van der Waals surface area contributed by atoms with Crippen LogP contribution in [0, 0.1) is 0 Å². The zero-order chi connectivity index (χ0) is 62.3. The first-order chi connectivity index (χ1) is 47.1. The van der Waals surface area contributed by atoms with E-state index in [9.17, 15) is 0 Å². The number of furan rings is 1. The molecule has 446 valence electrons. The minimum atomic E-state index is -0.775. The van der Waals surface area contributed by atoms with Crippen LogP contribution in [-0.4, -0.2) is 4.57 Å². The van der Waals surface area contributed by atoms with Gasteiger partial charge in [-0.05, 0) is 172 Å². The molecule has 8 heteroatoms. The molecule has 3 aromatic heterocycles. The zero-order valence-corrected chi connectivity index (χ0v) is 52.6. The highest BCUT2D eigenvalue weighted by atomic mass is 32.2. The second kappa shape index (κ2) is 21.1. The van der Waals surface area contributed by atoms with Crippen LogP contribution in [0.5, 0.6) is 23.0 Å². The lowest BCUT2D eigenvalue weighted by atomic mass is 9.67. The van der Waals surface area contributed by atoms with Gasteiger partial charge >= 0.3 is 0 Å². The van der Waals surface area contributed by atoms with Crippen molar-refractivity contribution >= 4 is 110 Å². The third-order valence-corrected chi connectivity index (χ3v) is 21.9. The number of fused-ring (bicyclic) bond motifs is 18. The summed E-state index contributed by atoms with van der Waals surface area (Å²) in [6.07, 6.45) is 2.18. The van der Waals surface area contributed by atoms with Gasteiger partial charge in [0.2, 0.25) is 0 Å². The quantitative estimate of drug-likeness (QED) is 0.143. The first kappa shape index (κ1) is 53.8. The van der Waals surface area contributed by atoms with Crippen LogP contribution in [-0.2, 0) is 5.41 Å². The van der Waals surface area contributed by atoms with Crippen molar-refractivity contribution in [3.05, 3.63) is 344 Å². The minimum Gasteiger partial charge on any atom is -0.455 e. The van der Waals surface area contributed by atoms with E-state index in [0.717, 1.165) is 83.8 Å². The molecular weight excluding hydrogens is 1200 g/mol. The number of rotatable bonds is 9. The Kier molecular flexibility index (Phi) is 12.0. The van der Waals surface area contributed by atoms with Crippen molar-refractivity contribution in [2.75, 3.05) is 9.80 Å². The van der Waals surface area contributed by atoms with Crippen LogP contribution in [0.1, 0.15) is 22.3 Å². The van der Waals surface area contributed by atoms with Gasteiger partial charge in [0.15, 0.2) is 23.0 Å². The Morgan fingerprint density at radius 1 is 0.368 bits per heavy atom. The molecule has 0 unspecified atom stereocenters. The van der Waals surface area contributed by atoms with Crippen LogP contribution >= 0.6 is 23.1 Å². The molecule has 0 amide bonds. The molecule has 14 aromatic carbocycles. The lowest BCUT2D eigenvalue weighted by molar-refractivity contribution is 0.361. The van der Waals surface area contributed by atoms with Gasteiger partial charge in [0, 0.05) is 97.6 Å². The van der Waals surface area contributed by atoms with Gasteiger partial charge in [-0.15, -0.1) is 11.3 Å². The number of ether oxygens (including phenoxy) is 2. The molecule has 0 fully saturated rings. The number of para-hydroxylation sites is 6. The smallest absolute Gasteiger partial charge is 0.178 e. The van der Waals surface area contributed by atoms with Crippen molar-refractivity contribution in [3.63, 3.8) is 0 Å². The number of benzene rings is 14. The molecule has 0 radical (unpaired) electrons. The SMILES string of the molecule is c1ccc(-c2ccc(N(c3ccccc3)c3ccc4c(c3)C3(c5cc(N(c6cc(-c7cccc8c7Oc7ccccc7O8)c7oc8ccccc8c7c6)c6ccc7ccn(-c8ccccc8)c7c6)ccc5S4)c4ccccc4-c4ccccc43)c3c2sc2ccccc23)cc1. The summed E-state index contributed by atoms with van der Waals surface area (Å²) in [5.74, 6) is 2.60. The normalized spacial score (nSPS) is 13.1. The highest BCUT2D eigenvalue weighted by Gasteiger charge is 2.51. The fourth-order valence-electron chi connectivity index (χ4n) is 15.4. The van der Waals surface area contributed by atoms with Crippen LogP contribution in [0.2, 0.25) is 0 Å². The van der Waals surface area contributed by atoms with Gasteiger partial charge < -0.3 is 28.3 Å². The summed E-state index contributed by atoms with van der Waals surface area (Å²) in [5.41, 5.74) is 20.8. The predicted octanol–water partition coefficient (Wildman–Crippen LogP) is 24.9. The predicted molar refractivity (Wildman–Crippen MR) is 392 cm³/mol. The van der Waals surface area contributed by atoms with E-state index in [1.54, 1.807) is 0 Å². The molecule has 0 saturated heterocycles. The van der Waals surface area contributed by atoms with Gasteiger partial charge in [-0.25, -0.2) is 0 Å². The standard InChI is InChI=1S/C87H53N3O3S2/c1-4-21-54(22-5-1)62-43-44-74(83-67-30-13-19-38-80(67)95-86(62)83)90(57-25-8-3-9-26-57)59-42-46-82-73(52-59)87(70-32-14-10-27-63(70)64-28-11-15-33-71(64)87)72-51-58(41-45-81(72)94-82)89(60-40-39-55-47-48-88(75(55)53-60)56-23-6-2-7-24-56)61-49-68-65-29-12-16-34-76(65)92-84(68)69(50-61)66-31-20-37-79-85(66)93-78-36-18-17-35-77(78)91-79/h1-53H. The Balaban J connectivity index is 0.844. The van der Waals surface area contributed by atoms with E-state index >= 15 is 0 Å². The van der Waals surface area contributed by atoms with E-state index in [1.165, 1.54) is 74.5 Å². The van der Waals surface area contributed by atoms with Gasteiger partial charge in [0.1, 0.15) is 11.2 Å². The zero-order valence-electron chi connectivity index (χ0n) is 51.0. The maximum absolute atomic E-state index is 7.01. The summed E-state index contributed by atoms with van der Waals surface area (Å²) in [6, 6.07) is 115. The summed E-state index contributed by atoms with van der Waals surface area (Å²) >= 11 is 3.73. The van der Waals surface area contributed by atoms with Crippen LogP contribution in [0.4, 0.5) is 34.1 Å². The minimum absolute atomic E-state index is 0.631. The molecule has 17 aromatic rings. The Bertz CT molecular complexity index is 5950. The maximum Gasteiger partial charge on any atom is 0.178 e. The van der Waals surface area contributed by atoms with E-state index in [4.69, 9.17) is 13.9 Å². The molecule has 1 aliphatic carbocycles. The first-order valence-corrected chi connectivity index (χ1v) is 33.7. The van der Waals surface area contributed by atoms with Crippen LogP contribution in [0.25, 0.3) is 92.1 Å². The fourth-order valence-corrected chi connectivity index (χ4v) is 17.8. The monoisotopic (exact) mass is 1250 g/mol. The van der Waals surface area contributed by atoms with E-state index < -0.39 is 5.41 Å². The third-order valence-electron chi connectivity index (χ3n) is 19.5. The Morgan fingerprint density at radius 3 is 1.75 bits per heavy atom. The number of thiophene rings is 1. The molecule has 0 atom stereocenters. The first-order valence-electron chi connectivity index (χ1n) is 32.1. The van der Waals surface area contributed by atoms with Crippen molar-refractivity contribution in [3.8, 4) is 62.1 Å². The largest absolute Gasteiger partial charge is 0.455 e. The molecule has 0 N–H and O–H groups in total. The van der Waals surface area contributed by atoms with Crippen molar-refractivity contribution in [1.29, 1.82) is 0 Å². The fraction of sp³-hybridized carbons (Fsp3) is 0.0115. The molecule has 2 aliphatic heterocycles. The van der Waals surface area contributed by atoms with Gasteiger partial charge in [0.05, 0.1) is 16.6 Å². The van der Waals surface area contributed by atoms with Gasteiger partial charge in [-0.1, -0.05) is 200 Å². The number of hydrogen-bond donors (Lipinski definition) is 0. The highest BCUT2D eigenvalue weighted by molar-refractivity contribution is 7.99. The number of nitrogens with zero attached hydrogens (tertiary/aromatic N) is 3. The lowest BCUT2D eigenvalue weighted by Crippen LogP contribution is -2.32. The van der Waals surface area contributed by atoms with Gasteiger partial charge in [-0.2, -0.15) is 0 Å². The van der Waals surface area contributed by atoms with Crippen molar-refractivity contribution < 1.29 is 13.9 Å². The molecule has 6 nitrogen and oxygen atoms in total. The molecule has 3 aliphatic rings. The second-order valence-corrected chi connectivity index (χ2v) is 26.8. The third kappa shape index (κ3) is 8.18. The summed E-state index contributed by atoms with van der Waals surface area (Å²) < 4.78 is 25.3. The molecule has 1 spiro atoms. The van der Waals surface area contributed by atoms with E-state index in [2.05, 4.69) is 294 Å². The van der Waals surface area contributed by atoms with Crippen molar-refractivity contribution in [1.82, 2.24) is 4.57 Å². The Morgan fingerprint density at radius 2 is 0.979 bits per heavy atom. The average Bonchev–Trinajstić information content (AvgIpc) is 1.57. The molecule has 95 heavy (non-hydrogen) atoms. The van der Waals surface area contributed by atoms with Gasteiger partial charge in [-0.3, -0.25) is 0 Å². The van der Waals surface area contributed by atoms with Crippen LogP contribution in [0.3, 0.4) is 0 Å². The van der Waals surface area contributed by atoms with Crippen LogP contribution in [0.15, 0.2) is 336 Å². The van der Waals surface area contributed by atoms with Crippen LogP contribution < -0.4 is 19.3 Å². The summed E-state index contributed by atoms with van der Waals surface area (Å²) in [6.45, 7) is 0. The van der Waals surface area contributed by atoms with Gasteiger partial charge in [0.25, 0.3) is 0 Å². The van der Waals surface area contributed by atoms with Crippen molar-refractivity contribution in [2.24, 2.45) is 0 Å². The average molecular weight is 1250 g/mol. The number of hydrogen-bond acceptors (Lipinski definition) is 7. The van der Waals surface area contributed by atoms with E-state index in [1.807, 2.05) is 65.6 Å². The summed E-state index contributed by atoms with van der Waals surface area (Å²) in [7, 11) is 0. The molecule has 20 rings (SSSR count). The molecule has 0 bridgehead atoms. The number of aromatic nitrogens is 1. The summed E-state index contributed by atoms with van der Waals surface area (Å²) in [4.78, 5) is 7.37. The molecule has 5 heterocycles. The Labute approximate surface area is 556 Å².